The average molecular weight is 367 g/mol. The van der Waals surface area contributed by atoms with Crippen molar-refractivity contribution in [3.63, 3.8) is 0 Å². The molecule has 26 heavy (non-hydrogen) atoms. The van der Waals surface area contributed by atoms with Gasteiger partial charge in [0.15, 0.2) is 5.82 Å². The van der Waals surface area contributed by atoms with Crippen molar-refractivity contribution in [1.82, 2.24) is 15.5 Å². The van der Waals surface area contributed by atoms with E-state index in [0.717, 1.165) is 23.4 Å². The van der Waals surface area contributed by atoms with E-state index in [1.165, 1.54) is 0 Å². The van der Waals surface area contributed by atoms with Crippen LogP contribution >= 0.6 is 11.3 Å². The van der Waals surface area contributed by atoms with Crippen molar-refractivity contribution in [2.24, 2.45) is 0 Å². The van der Waals surface area contributed by atoms with Crippen molar-refractivity contribution in [3.8, 4) is 10.6 Å². The number of amides is 3. The zero-order valence-electron chi connectivity index (χ0n) is 13.8. The molecule has 4 rings (SSSR count). The van der Waals surface area contributed by atoms with Crippen LogP contribution in [0.3, 0.4) is 0 Å². The van der Waals surface area contributed by atoms with Gasteiger partial charge in [-0.15, -0.1) is 11.3 Å². The van der Waals surface area contributed by atoms with Gasteiger partial charge in [0.05, 0.1) is 10.6 Å². The molecule has 7 nitrogen and oxygen atoms in total. The largest absolute Gasteiger partial charge is 0.335 e. The Morgan fingerprint density at radius 3 is 2.62 bits per heavy atom. The monoisotopic (exact) mass is 367 g/mol. The van der Waals surface area contributed by atoms with Gasteiger partial charge in [-0.1, -0.05) is 6.07 Å². The van der Waals surface area contributed by atoms with Crippen LogP contribution in [0.4, 0.5) is 16.3 Å². The highest BCUT2D eigenvalue weighted by Crippen LogP contribution is 2.24. The average Bonchev–Trinajstić information content (AvgIpc) is 3.11. The highest BCUT2D eigenvalue weighted by atomic mass is 32.1. The third kappa shape index (κ3) is 3.92. The molecule has 0 spiro atoms. The van der Waals surface area contributed by atoms with E-state index in [1.54, 1.807) is 41.7 Å². The lowest BCUT2D eigenvalue weighted by Crippen LogP contribution is -2.30. The lowest BCUT2D eigenvalue weighted by molar-refractivity contribution is 0.102. The highest BCUT2D eigenvalue weighted by Gasteiger charge is 2.23. The molecule has 1 saturated carbocycles. The smallest absolute Gasteiger partial charge is 0.319 e. The molecule has 0 bridgehead atoms. The number of nitrogens with zero attached hydrogens (tertiary/aromatic N) is 1. The van der Waals surface area contributed by atoms with Gasteiger partial charge in [-0.3, -0.25) is 9.89 Å². The summed E-state index contributed by atoms with van der Waals surface area (Å²) in [6.45, 7) is 0. The Kier molecular flexibility index (Phi) is 4.40. The van der Waals surface area contributed by atoms with E-state index in [9.17, 15) is 9.59 Å². The van der Waals surface area contributed by atoms with Crippen molar-refractivity contribution in [2.45, 2.75) is 18.9 Å². The van der Waals surface area contributed by atoms with Crippen LogP contribution in [0.1, 0.15) is 23.2 Å². The lowest BCUT2D eigenvalue weighted by Gasteiger charge is -2.07. The van der Waals surface area contributed by atoms with Crippen molar-refractivity contribution >= 4 is 34.8 Å². The third-order valence-corrected chi connectivity index (χ3v) is 4.83. The fraction of sp³-hybridized carbons (Fsp3) is 0.167. The number of aromatic amines is 1. The molecule has 0 unspecified atom stereocenters. The number of H-pyrrole nitrogens is 1. The summed E-state index contributed by atoms with van der Waals surface area (Å²) in [6.07, 6.45) is 2.07. The second-order valence-corrected chi connectivity index (χ2v) is 7.00. The number of nitrogens with one attached hydrogen (secondary N) is 4. The van der Waals surface area contributed by atoms with Crippen LogP contribution in [-0.2, 0) is 0 Å². The zero-order chi connectivity index (χ0) is 17.9. The van der Waals surface area contributed by atoms with E-state index >= 15 is 0 Å². The molecule has 132 valence electrons. The molecule has 1 aromatic carbocycles. The summed E-state index contributed by atoms with van der Waals surface area (Å²) in [7, 11) is 0. The second kappa shape index (κ2) is 7.01. The Labute approximate surface area is 153 Å². The first kappa shape index (κ1) is 16.3. The van der Waals surface area contributed by atoms with E-state index in [-0.39, 0.29) is 11.9 Å². The quantitative estimate of drug-likeness (QED) is 0.554. The number of carbonyl (C=O) groups is 2. The van der Waals surface area contributed by atoms with Crippen LogP contribution in [0.5, 0.6) is 0 Å². The first-order chi connectivity index (χ1) is 12.7. The molecule has 1 aliphatic rings. The van der Waals surface area contributed by atoms with Gasteiger partial charge in [-0.05, 0) is 48.6 Å². The first-order valence-electron chi connectivity index (χ1n) is 8.25. The fourth-order valence-electron chi connectivity index (χ4n) is 2.42. The van der Waals surface area contributed by atoms with Crippen LogP contribution in [0.25, 0.3) is 10.6 Å². The number of hydrogen-bond acceptors (Lipinski definition) is 4. The molecule has 0 radical (unpaired) electrons. The Bertz CT molecular complexity index is 913. The number of rotatable bonds is 5. The SMILES string of the molecule is O=C(Nc1ccc(C(=O)Nc2cc(-c3cccs3)[nH]n2)cc1)NC1CC1. The number of aromatic nitrogens is 2. The molecule has 1 fully saturated rings. The molecule has 0 saturated heterocycles. The third-order valence-electron chi connectivity index (χ3n) is 3.92. The molecule has 8 heteroatoms. The summed E-state index contributed by atoms with van der Waals surface area (Å²) >= 11 is 1.59. The van der Waals surface area contributed by atoms with Gasteiger partial charge < -0.3 is 16.0 Å². The van der Waals surface area contributed by atoms with Crippen LogP contribution in [0.15, 0.2) is 47.8 Å². The van der Waals surface area contributed by atoms with Crippen LogP contribution in [-0.4, -0.2) is 28.2 Å². The zero-order valence-corrected chi connectivity index (χ0v) is 14.6. The molecule has 1 aliphatic carbocycles. The Balaban J connectivity index is 1.36. The minimum absolute atomic E-state index is 0.220. The predicted octanol–water partition coefficient (Wildman–Crippen LogP) is 3.67. The maximum absolute atomic E-state index is 12.3. The number of anilines is 2. The van der Waals surface area contributed by atoms with Gasteiger partial charge in [0, 0.05) is 23.4 Å². The Hall–Kier alpha value is -3.13. The van der Waals surface area contributed by atoms with Gasteiger partial charge >= 0.3 is 6.03 Å². The molecule has 0 atom stereocenters. The summed E-state index contributed by atoms with van der Waals surface area (Å²) in [4.78, 5) is 25.1. The molecular weight excluding hydrogens is 350 g/mol. The Morgan fingerprint density at radius 2 is 1.92 bits per heavy atom. The summed E-state index contributed by atoms with van der Waals surface area (Å²) < 4.78 is 0. The van der Waals surface area contributed by atoms with Crippen LogP contribution in [0, 0.1) is 0 Å². The number of urea groups is 1. The molecule has 3 amide bonds. The molecule has 2 heterocycles. The fourth-order valence-corrected chi connectivity index (χ4v) is 3.11. The summed E-state index contributed by atoms with van der Waals surface area (Å²) in [5, 5.41) is 17.4. The molecule has 3 aromatic rings. The highest BCUT2D eigenvalue weighted by molar-refractivity contribution is 7.13. The predicted molar refractivity (Wildman–Crippen MR) is 101 cm³/mol. The van der Waals surface area contributed by atoms with E-state index in [2.05, 4.69) is 26.1 Å². The van der Waals surface area contributed by atoms with Gasteiger partial charge in [0.25, 0.3) is 5.91 Å². The number of benzene rings is 1. The number of carbonyl (C=O) groups excluding carboxylic acids is 2. The van der Waals surface area contributed by atoms with Gasteiger partial charge in [-0.2, -0.15) is 5.10 Å². The van der Waals surface area contributed by atoms with E-state index < -0.39 is 0 Å². The van der Waals surface area contributed by atoms with Gasteiger partial charge in [0.1, 0.15) is 0 Å². The summed E-state index contributed by atoms with van der Waals surface area (Å²) in [5.74, 6) is 0.202. The summed E-state index contributed by atoms with van der Waals surface area (Å²) in [5.41, 5.74) is 1.98. The van der Waals surface area contributed by atoms with Crippen LogP contribution in [0.2, 0.25) is 0 Å². The number of hydrogen-bond donors (Lipinski definition) is 4. The minimum Gasteiger partial charge on any atom is -0.335 e. The first-order valence-corrected chi connectivity index (χ1v) is 9.13. The van der Waals surface area contributed by atoms with Gasteiger partial charge in [-0.25, -0.2) is 4.79 Å². The standard InChI is InChI=1S/C18H17N5O2S/c24-17(21-16-10-14(22-23-16)15-2-1-9-26-15)11-3-5-12(6-4-11)19-18(25)20-13-7-8-13/h1-6,9-10,13H,7-8H2,(H2,19,20,25)(H2,21,22,23,24). The Morgan fingerprint density at radius 1 is 1.12 bits per heavy atom. The van der Waals surface area contributed by atoms with Crippen LogP contribution < -0.4 is 16.0 Å². The lowest BCUT2D eigenvalue weighted by atomic mass is 10.2. The molecule has 4 N–H and O–H groups in total. The van der Waals surface area contributed by atoms with Crippen molar-refractivity contribution in [1.29, 1.82) is 0 Å². The van der Waals surface area contributed by atoms with Crippen molar-refractivity contribution in [3.05, 3.63) is 53.4 Å². The van der Waals surface area contributed by atoms with E-state index in [0.29, 0.717) is 23.1 Å². The maximum atomic E-state index is 12.3. The number of thiophene rings is 1. The topological polar surface area (TPSA) is 98.9 Å². The van der Waals surface area contributed by atoms with E-state index in [1.807, 2.05) is 17.5 Å². The minimum atomic E-state index is -0.261. The second-order valence-electron chi connectivity index (χ2n) is 6.05. The summed E-state index contributed by atoms with van der Waals surface area (Å²) in [6, 6.07) is 12.5. The van der Waals surface area contributed by atoms with Crippen molar-refractivity contribution < 1.29 is 9.59 Å². The molecule has 0 aliphatic heterocycles. The van der Waals surface area contributed by atoms with Crippen molar-refractivity contribution in [2.75, 3.05) is 10.6 Å². The molecule has 2 aromatic heterocycles. The normalized spacial score (nSPS) is 13.2. The van der Waals surface area contributed by atoms with Gasteiger partial charge in [0.2, 0.25) is 0 Å². The van der Waals surface area contributed by atoms with E-state index in [4.69, 9.17) is 0 Å². The maximum Gasteiger partial charge on any atom is 0.319 e. The molecular formula is C18H17N5O2S.